The van der Waals surface area contributed by atoms with Gasteiger partial charge in [-0.3, -0.25) is 0 Å². The van der Waals surface area contributed by atoms with Gasteiger partial charge in [0.2, 0.25) is 11.7 Å². The van der Waals surface area contributed by atoms with Gasteiger partial charge in [0.05, 0.1) is 12.8 Å². The van der Waals surface area contributed by atoms with Crippen LogP contribution < -0.4 is 0 Å². The number of aryl methyl sites for hydroxylation is 1. The van der Waals surface area contributed by atoms with Gasteiger partial charge in [0.1, 0.15) is 0 Å². The number of oxazole rings is 1. The zero-order valence-corrected chi connectivity index (χ0v) is 12.4. The van der Waals surface area contributed by atoms with Crippen molar-refractivity contribution in [2.24, 2.45) is 0 Å². The van der Waals surface area contributed by atoms with Gasteiger partial charge >= 0.3 is 5.97 Å². The summed E-state index contributed by atoms with van der Waals surface area (Å²) >= 11 is 3.37. The largest absolute Gasteiger partial charge is 0.463 e. The third kappa shape index (κ3) is 3.04. The van der Waals surface area contributed by atoms with Crippen molar-refractivity contribution in [2.45, 2.75) is 19.8 Å². The van der Waals surface area contributed by atoms with Crippen LogP contribution in [-0.4, -0.2) is 18.1 Å². The molecule has 0 bridgehead atoms. The van der Waals surface area contributed by atoms with E-state index in [1.54, 1.807) is 0 Å². The Balaban J connectivity index is 2.41. The van der Waals surface area contributed by atoms with Crippen LogP contribution >= 0.6 is 15.9 Å². The molecule has 0 atom stereocenters. The second-order valence-electron chi connectivity index (χ2n) is 4.04. The van der Waals surface area contributed by atoms with E-state index in [1.165, 1.54) is 7.11 Å². The zero-order valence-electron chi connectivity index (χ0n) is 10.8. The van der Waals surface area contributed by atoms with E-state index in [4.69, 9.17) is 9.15 Å². The third-order valence-electron chi connectivity index (χ3n) is 2.65. The maximum Gasteiger partial charge on any atom is 0.376 e. The van der Waals surface area contributed by atoms with Crippen LogP contribution in [0.15, 0.2) is 33.2 Å². The van der Waals surface area contributed by atoms with Crippen molar-refractivity contribution >= 4 is 21.9 Å². The Hall–Kier alpha value is -1.62. The molecule has 100 valence electrons. The molecule has 0 N–H and O–H groups in total. The first-order chi connectivity index (χ1) is 9.15. The topological polar surface area (TPSA) is 52.3 Å². The monoisotopic (exact) mass is 323 g/mol. The standard InChI is InChI=1S/C14H14BrNO3/c1-3-4-11-12(14(17)18-2)19-13(16-11)9-5-7-10(15)8-6-9/h5-8H,3-4H2,1-2H3. The first-order valence-electron chi connectivity index (χ1n) is 5.99. The number of benzene rings is 1. The van der Waals surface area contributed by atoms with E-state index in [9.17, 15) is 4.79 Å². The van der Waals surface area contributed by atoms with Crippen LogP contribution in [-0.2, 0) is 11.2 Å². The Bertz CT molecular complexity index is 575. The van der Waals surface area contributed by atoms with E-state index < -0.39 is 5.97 Å². The summed E-state index contributed by atoms with van der Waals surface area (Å²) in [7, 11) is 1.33. The number of ether oxygens (including phenoxy) is 1. The molecule has 0 amide bonds. The van der Waals surface area contributed by atoms with Crippen LogP contribution in [0.4, 0.5) is 0 Å². The molecule has 0 saturated carbocycles. The van der Waals surface area contributed by atoms with Crippen molar-refractivity contribution in [3.05, 3.63) is 40.2 Å². The molecule has 0 unspecified atom stereocenters. The van der Waals surface area contributed by atoms with E-state index in [0.717, 1.165) is 16.5 Å². The number of carbonyl (C=O) groups excluding carboxylic acids is 1. The summed E-state index contributed by atoms with van der Waals surface area (Å²) in [5.74, 6) is 0.151. The zero-order chi connectivity index (χ0) is 13.8. The average Bonchev–Trinajstić information content (AvgIpc) is 2.83. The predicted molar refractivity (Wildman–Crippen MR) is 75.0 cm³/mol. The van der Waals surface area contributed by atoms with E-state index in [-0.39, 0.29) is 5.76 Å². The lowest BCUT2D eigenvalue weighted by Gasteiger charge is -1.96. The molecule has 0 saturated heterocycles. The van der Waals surface area contributed by atoms with Crippen LogP contribution in [0.3, 0.4) is 0 Å². The van der Waals surface area contributed by atoms with Crippen molar-refractivity contribution in [2.75, 3.05) is 7.11 Å². The number of hydrogen-bond acceptors (Lipinski definition) is 4. The van der Waals surface area contributed by atoms with Gasteiger partial charge in [-0.25, -0.2) is 9.78 Å². The summed E-state index contributed by atoms with van der Waals surface area (Å²) in [5.41, 5.74) is 1.47. The molecule has 0 aliphatic carbocycles. The predicted octanol–water partition coefficient (Wildman–Crippen LogP) is 3.84. The summed E-state index contributed by atoms with van der Waals surface area (Å²) in [6, 6.07) is 7.56. The SMILES string of the molecule is CCCc1nc(-c2ccc(Br)cc2)oc1C(=O)OC. The highest BCUT2D eigenvalue weighted by atomic mass is 79.9. The van der Waals surface area contributed by atoms with Gasteiger partial charge in [-0.1, -0.05) is 29.3 Å². The van der Waals surface area contributed by atoms with Gasteiger partial charge in [-0.2, -0.15) is 0 Å². The highest BCUT2D eigenvalue weighted by Crippen LogP contribution is 2.25. The summed E-state index contributed by atoms with van der Waals surface area (Å²) in [5, 5.41) is 0. The summed E-state index contributed by atoms with van der Waals surface area (Å²) < 4.78 is 11.2. The molecule has 0 aliphatic rings. The molecule has 0 radical (unpaired) electrons. The number of esters is 1. The minimum atomic E-state index is -0.487. The van der Waals surface area contributed by atoms with Crippen LogP contribution in [0.1, 0.15) is 29.6 Å². The minimum Gasteiger partial charge on any atom is -0.463 e. The van der Waals surface area contributed by atoms with Gasteiger partial charge < -0.3 is 9.15 Å². The van der Waals surface area contributed by atoms with Crippen molar-refractivity contribution in [1.82, 2.24) is 4.98 Å². The Morgan fingerprint density at radius 2 is 2.05 bits per heavy atom. The van der Waals surface area contributed by atoms with Crippen LogP contribution in [0, 0.1) is 0 Å². The highest BCUT2D eigenvalue weighted by Gasteiger charge is 2.20. The van der Waals surface area contributed by atoms with Gasteiger partial charge in [0, 0.05) is 10.0 Å². The van der Waals surface area contributed by atoms with Crippen LogP contribution in [0.25, 0.3) is 11.5 Å². The smallest absolute Gasteiger partial charge is 0.376 e. The quantitative estimate of drug-likeness (QED) is 0.802. The number of carbonyl (C=O) groups is 1. The van der Waals surface area contributed by atoms with Gasteiger partial charge in [0.25, 0.3) is 0 Å². The van der Waals surface area contributed by atoms with Crippen molar-refractivity contribution in [3.8, 4) is 11.5 Å². The van der Waals surface area contributed by atoms with Gasteiger partial charge in [0.15, 0.2) is 0 Å². The lowest BCUT2D eigenvalue weighted by Crippen LogP contribution is -2.03. The first-order valence-corrected chi connectivity index (χ1v) is 6.79. The number of aromatic nitrogens is 1. The maximum absolute atomic E-state index is 11.6. The minimum absolute atomic E-state index is 0.197. The summed E-state index contributed by atoms with van der Waals surface area (Å²) in [4.78, 5) is 16.0. The molecule has 19 heavy (non-hydrogen) atoms. The number of nitrogens with zero attached hydrogens (tertiary/aromatic N) is 1. The number of methoxy groups -OCH3 is 1. The fourth-order valence-corrected chi connectivity index (χ4v) is 1.99. The molecule has 0 spiro atoms. The Kier molecular flexibility index (Phi) is 4.37. The fourth-order valence-electron chi connectivity index (χ4n) is 1.73. The van der Waals surface area contributed by atoms with E-state index >= 15 is 0 Å². The second kappa shape index (κ2) is 6.02. The summed E-state index contributed by atoms with van der Waals surface area (Å²) in [6.07, 6.45) is 1.57. The van der Waals surface area contributed by atoms with Crippen molar-refractivity contribution in [3.63, 3.8) is 0 Å². The molecule has 1 heterocycles. The van der Waals surface area contributed by atoms with Crippen molar-refractivity contribution < 1.29 is 13.9 Å². The maximum atomic E-state index is 11.6. The Morgan fingerprint density at radius 1 is 1.37 bits per heavy atom. The van der Waals surface area contributed by atoms with Crippen LogP contribution in [0.5, 0.6) is 0 Å². The van der Waals surface area contributed by atoms with E-state index in [1.807, 2.05) is 31.2 Å². The molecule has 1 aromatic heterocycles. The van der Waals surface area contributed by atoms with Gasteiger partial charge in [-0.15, -0.1) is 0 Å². The highest BCUT2D eigenvalue weighted by molar-refractivity contribution is 9.10. The molecule has 1 aromatic carbocycles. The van der Waals surface area contributed by atoms with E-state index in [0.29, 0.717) is 18.0 Å². The molecular weight excluding hydrogens is 310 g/mol. The average molecular weight is 324 g/mol. The lowest BCUT2D eigenvalue weighted by molar-refractivity contribution is 0.0564. The molecule has 2 rings (SSSR count). The van der Waals surface area contributed by atoms with Crippen LogP contribution in [0.2, 0.25) is 0 Å². The third-order valence-corrected chi connectivity index (χ3v) is 3.17. The Labute approximate surface area is 119 Å². The first kappa shape index (κ1) is 13.8. The summed E-state index contributed by atoms with van der Waals surface area (Å²) in [6.45, 7) is 2.02. The molecular formula is C14H14BrNO3. The molecule has 4 nitrogen and oxygen atoms in total. The Morgan fingerprint density at radius 3 is 2.63 bits per heavy atom. The molecule has 0 aliphatic heterocycles. The van der Waals surface area contributed by atoms with Crippen molar-refractivity contribution in [1.29, 1.82) is 0 Å². The number of halogens is 1. The normalized spacial score (nSPS) is 10.5. The molecule has 5 heteroatoms. The number of rotatable bonds is 4. The molecule has 2 aromatic rings. The number of hydrogen-bond donors (Lipinski definition) is 0. The second-order valence-corrected chi connectivity index (χ2v) is 4.96. The lowest BCUT2D eigenvalue weighted by atomic mass is 10.2. The fraction of sp³-hybridized carbons (Fsp3) is 0.286. The van der Waals surface area contributed by atoms with E-state index in [2.05, 4.69) is 20.9 Å². The molecule has 0 fully saturated rings. The van der Waals surface area contributed by atoms with Gasteiger partial charge in [-0.05, 0) is 30.7 Å².